The van der Waals surface area contributed by atoms with Crippen LogP contribution in [0, 0.1) is 34.5 Å². The fourth-order valence-corrected chi connectivity index (χ4v) is 8.18. The van der Waals surface area contributed by atoms with E-state index in [4.69, 9.17) is 16.3 Å². The molecule has 7 heteroatoms. The van der Waals surface area contributed by atoms with Crippen LogP contribution in [0.3, 0.4) is 0 Å². The molecule has 0 aliphatic heterocycles. The lowest BCUT2D eigenvalue weighted by atomic mass is 9.43. The molecule has 182 valence electrons. The van der Waals surface area contributed by atoms with Gasteiger partial charge in [-0.1, -0.05) is 26.0 Å². The topological polar surface area (TPSA) is 126 Å². The fraction of sp³-hybridized carbons (Fsp3) is 0.880. The van der Waals surface area contributed by atoms with E-state index in [0.717, 1.165) is 51.4 Å². The Bertz CT molecular complexity index is 726. The predicted molar refractivity (Wildman–Crippen MR) is 126 cm³/mol. The molecule has 0 amide bonds. The number of hydroxylamine groups is 1. The molecule has 3 unspecified atom stereocenters. The smallest absolute Gasteiger partial charge is 0.185 e. The van der Waals surface area contributed by atoms with E-state index in [1.165, 1.54) is 6.42 Å². The van der Waals surface area contributed by atoms with E-state index in [2.05, 4.69) is 36.5 Å². The normalized spacial score (nSPS) is 45.8. The van der Waals surface area contributed by atoms with Gasteiger partial charge in [-0.15, -0.1) is 0 Å². The van der Waals surface area contributed by atoms with Crippen LogP contribution >= 0.6 is 0 Å². The highest BCUT2D eigenvalue weighted by molar-refractivity contribution is 5.75. The highest BCUT2D eigenvalue weighted by Gasteiger charge is 2.66. The van der Waals surface area contributed by atoms with E-state index < -0.39 is 5.60 Å². The molecular formula is C25H44N4O3. The number of fused-ring (bicyclic) bond motifs is 5. The second-order valence-corrected chi connectivity index (χ2v) is 11.4. The summed E-state index contributed by atoms with van der Waals surface area (Å²) >= 11 is 0. The zero-order valence-electron chi connectivity index (χ0n) is 19.9. The van der Waals surface area contributed by atoms with Gasteiger partial charge in [0.1, 0.15) is 0 Å². The van der Waals surface area contributed by atoms with Gasteiger partial charge in [-0.05, 0) is 86.9 Å². The quantitative estimate of drug-likeness (QED) is 0.134. The van der Waals surface area contributed by atoms with Crippen molar-refractivity contribution in [2.24, 2.45) is 51.0 Å². The lowest BCUT2D eigenvalue weighted by molar-refractivity contribution is -0.207. The van der Waals surface area contributed by atoms with Crippen LogP contribution in [0.4, 0.5) is 0 Å². The van der Waals surface area contributed by atoms with E-state index in [9.17, 15) is 10.2 Å². The minimum absolute atomic E-state index is 0.0593. The van der Waals surface area contributed by atoms with Crippen LogP contribution in [-0.4, -0.2) is 47.6 Å². The Hall–Kier alpha value is -1.15. The number of aliphatic imine (C=N–C) groups is 1. The van der Waals surface area contributed by atoms with Gasteiger partial charge in [0.05, 0.1) is 24.9 Å². The molecule has 0 aromatic heterocycles. The summed E-state index contributed by atoms with van der Waals surface area (Å²) in [5, 5.41) is 22.4. The molecule has 0 aromatic rings. The average molecular weight is 449 g/mol. The number of rotatable bonds is 7. The van der Waals surface area contributed by atoms with E-state index in [0.29, 0.717) is 43.4 Å². The standard InChI is InChI=1S/C25H44N4O3/c1-23-10-8-19(30)16-18(23)5-6-21-20(23)9-11-24(2)17(7-12-25(21,24)31)4-3-13-29-32-15-14-28-22(26)27/h3-4,17-21,29-31H,5-16H2,1-2H3,(H4,26,27,28)/b4-3+/t17?,18?,19?,20-,21-,23+,24-,25-/m1/s1. The monoisotopic (exact) mass is 448 g/mol. The van der Waals surface area contributed by atoms with Crippen LogP contribution in [-0.2, 0) is 4.84 Å². The molecule has 0 radical (unpaired) electrons. The zero-order valence-corrected chi connectivity index (χ0v) is 19.9. The minimum Gasteiger partial charge on any atom is -0.393 e. The van der Waals surface area contributed by atoms with Gasteiger partial charge in [-0.2, -0.15) is 5.48 Å². The zero-order chi connectivity index (χ0) is 23.0. The number of aliphatic hydroxyl groups excluding tert-OH is 1. The van der Waals surface area contributed by atoms with Crippen molar-refractivity contribution < 1.29 is 15.1 Å². The van der Waals surface area contributed by atoms with Crippen LogP contribution in [0.15, 0.2) is 17.1 Å². The Labute approximate surface area is 193 Å². The van der Waals surface area contributed by atoms with E-state index in [-0.39, 0.29) is 22.9 Å². The van der Waals surface area contributed by atoms with Gasteiger partial charge in [0.15, 0.2) is 5.96 Å². The van der Waals surface area contributed by atoms with Crippen LogP contribution in [0.2, 0.25) is 0 Å². The lowest BCUT2D eigenvalue weighted by Crippen LogP contribution is -2.62. The van der Waals surface area contributed by atoms with Crippen molar-refractivity contribution in [1.82, 2.24) is 5.48 Å². The average Bonchev–Trinajstić information content (AvgIpc) is 3.01. The molecule has 4 aliphatic carbocycles. The summed E-state index contributed by atoms with van der Waals surface area (Å²) in [6.07, 6.45) is 13.9. The molecule has 4 aliphatic rings. The third-order valence-electron chi connectivity index (χ3n) is 10.1. The molecule has 0 heterocycles. The maximum Gasteiger partial charge on any atom is 0.185 e. The first kappa shape index (κ1) is 24.0. The predicted octanol–water partition coefficient (Wildman–Crippen LogP) is 2.47. The van der Waals surface area contributed by atoms with Gasteiger partial charge in [0.25, 0.3) is 0 Å². The summed E-state index contributed by atoms with van der Waals surface area (Å²) < 4.78 is 0. The molecule has 32 heavy (non-hydrogen) atoms. The lowest BCUT2D eigenvalue weighted by Gasteiger charge is -2.63. The Balaban J connectivity index is 1.37. The number of nitrogens with zero attached hydrogens (tertiary/aromatic N) is 1. The molecule has 4 saturated carbocycles. The SMILES string of the molecule is C[C@]12CCC(O)CC1CC[C@@H]1[C@H]2CC[C@]2(C)C(/C=C/CNOCCN=C(N)N)CC[C@@]12O. The van der Waals surface area contributed by atoms with Gasteiger partial charge >= 0.3 is 0 Å². The number of allylic oxidation sites excluding steroid dienone is 1. The fourth-order valence-electron chi connectivity index (χ4n) is 8.18. The van der Waals surface area contributed by atoms with Crippen molar-refractivity contribution in [1.29, 1.82) is 0 Å². The minimum atomic E-state index is -0.570. The molecule has 0 bridgehead atoms. The molecule has 0 aromatic carbocycles. The van der Waals surface area contributed by atoms with E-state index >= 15 is 0 Å². The van der Waals surface area contributed by atoms with Gasteiger partial charge in [0.2, 0.25) is 0 Å². The van der Waals surface area contributed by atoms with Crippen molar-refractivity contribution in [3.8, 4) is 0 Å². The third-order valence-corrected chi connectivity index (χ3v) is 10.1. The van der Waals surface area contributed by atoms with Crippen molar-refractivity contribution in [3.63, 3.8) is 0 Å². The van der Waals surface area contributed by atoms with Gasteiger partial charge in [-0.25, -0.2) is 0 Å². The van der Waals surface area contributed by atoms with Crippen LogP contribution < -0.4 is 16.9 Å². The maximum absolute atomic E-state index is 12.2. The second kappa shape index (κ2) is 9.24. The van der Waals surface area contributed by atoms with Gasteiger partial charge in [0, 0.05) is 12.0 Å². The first-order chi connectivity index (χ1) is 15.2. The first-order valence-electron chi connectivity index (χ1n) is 12.7. The van der Waals surface area contributed by atoms with Gasteiger partial charge in [-0.3, -0.25) is 9.83 Å². The summed E-state index contributed by atoms with van der Waals surface area (Å²) in [5.74, 6) is 2.09. The number of aliphatic hydroxyl groups is 2. The molecular weight excluding hydrogens is 404 g/mol. The molecule has 7 nitrogen and oxygen atoms in total. The Morgan fingerprint density at radius 1 is 1.09 bits per heavy atom. The van der Waals surface area contributed by atoms with Crippen molar-refractivity contribution in [2.45, 2.75) is 83.3 Å². The summed E-state index contributed by atoms with van der Waals surface area (Å²) in [6.45, 7) is 6.29. The van der Waals surface area contributed by atoms with Crippen molar-refractivity contribution in [2.75, 3.05) is 19.7 Å². The van der Waals surface area contributed by atoms with E-state index in [1.54, 1.807) is 0 Å². The Kier molecular flexibility index (Phi) is 6.93. The van der Waals surface area contributed by atoms with Gasteiger partial charge < -0.3 is 21.7 Å². The van der Waals surface area contributed by atoms with Crippen molar-refractivity contribution >= 4 is 5.96 Å². The molecule has 4 rings (SSSR count). The summed E-state index contributed by atoms with van der Waals surface area (Å²) in [7, 11) is 0. The molecule has 0 saturated heterocycles. The molecule has 0 spiro atoms. The van der Waals surface area contributed by atoms with E-state index in [1.807, 2.05) is 0 Å². The summed E-state index contributed by atoms with van der Waals surface area (Å²) in [5.41, 5.74) is 13.2. The second-order valence-electron chi connectivity index (χ2n) is 11.4. The maximum atomic E-state index is 12.2. The first-order valence-corrected chi connectivity index (χ1v) is 12.7. The number of guanidine groups is 1. The Morgan fingerprint density at radius 2 is 1.91 bits per heavy atom. The van der Waals surface area contributed by atoms with Crippen LogP contribution in [0.5, 0.6) is 0 Å². The number of hydrogen-bond acceptors (Lipinski definition) is 5. The summed E-state index contributed by atoms with van der Waals surface area (Å²) in [6, 6.07) is 0. The van der Waals surface area contributed by atoms with Crippen LogP contribution in [0.1, 0.15) is 71.6 Å². The third kappa shape index (κ3) is 4.10. The molecule has 7 N–H and O–H groups in total. The Morgan fingerprint density at radius 3 is 2.69 bits per heavy atom. The highest BCUT2D eigenvalue weighted by atomic mass is 16.6. The number of hydrogen-bond donors (Lipinski definition) is 5. The summed E-state index contributed by atoms with van der Waals surface area (Å²) in [4.78, 5) is 9.24. The largest absolute Gasteiger partial charge is 0.393 e. The molecule has 8 atom stereocenters. The van der Waals surface area contributed by atoms with Crippen LogP contribution in [0.25, 0.3) is 0 Å². The number of nitrogens with two attached hydrogens (primary N) is 2. The van der Waals surface area contributed by atoms with Crippen molar-refractivity contribution in [3.05, 3.63) is 12.2 Å². The highest BCUT2D eigenvalue weighted by Crippen LogP contribution is 2.69. The molecule has 4 fully saturated rings. The number of nitrogens with one attached hydrogen (secondary N) is 1.